The largest absolute Gasteiger partial charge is 0.419 e. The molecule has 0 aliphatic carbocycles. The molecule has 0 amide bonds. The van der Waals surface area contributed by atoms with Gasteiger partial charge < -0.3 is 4.42 Å². The van der Waals surface area contributed by atoms with Gasteiger partial charge in [0.15, 0.2) is 0 Å². The minimum absolute atomic E-state index is 0.382. The van der Waals surface area contributed by atoms with Gasteiger partial charge in [0, 0.05) is 13.2 Å². The minimum Gasteiger partial charge on any atom is -0.419 e. The first-order valence-electron chi connectivity index (χ1n) is 6.82. The number of para-hydroxylation sites is 1. The van der Waals surface area contributed by atoms with Crippen LogP contribution in [0.2, 0.25) is 0 Å². The SMILES string of the molecule is Cc1nn(C)cc1-c1nnc(Cn2nnc3ccccc32)o1. The lowest BCUT2D eigenvalue weighted by molar-refractivity contribution is 0.474. The predicted octanol–water partition coefficient (Wildman–Crippen LogP) is 1.57. The van der Waals surface area contributed by atoms with Crippen LogP contribution in [-0.2, 0) is 13.6 Å². The number of fused-ring (bicyclic) bond motifs is 1. The Hall–Kier alpha value is -3.03. The summed E-state index contributed by atoms with van der Waals surface area (Å²) in [5.41, 5.74) is 3.46. The predicted molar refractivity (Wildman–Crippen MR) is 77.9 cm³/mol. The Bertz CT molecular complexity index is 949. The maximum Gasteiger partial charge on any atom is 0.251 e. The van der Waals surface area contributed by atoms with Crippen molar-refractivity contribution in [1.82, 2.24) is 35.0 Å². The summed E-state index contributed by atoms with van der Waals surface area (Å²) in [6.07, 6.45) is 1.86. The summed E-state index contributed by atoms with van der Waals surface area (Å²) >= 11 is 0. The molecule has 0 bridgehead atoms. The lowest BCUT2D eigenvalue weighted by Gasteiger charge is -1.97. The van der Waals surface area contributed by atoms with E-state index in [1.54, 1.807) is 9.36 Å². The van der Waals surface area contributed by atoms with Crippen molar-refractivity contribution in [2.75, 3.05) is 0 Å². The molecule has 8 nitrogen and oxygen atoms in total. The van der Waals surface area contributed by atoms with Gasteiger partial charge in [0.25, 0.3) is 5.89 Å². The molecule has 1 aromatic carbocycles. The molecule has 0 spiro atoms. The van der Waals surface area contributed by atoms with Gasteiger partial charge in [-0.1, -0.05) is 17.3 Å². The van der Waals surface area contributed by atoms with E-state index in [4.69, 9.17) is 4.42 Å². The zero-order valence-corrected chi connectivity index (χ0v) is 12.1. The van der Waals surface area contributed by atoms with Gasteiger partial charge in [-0.15, -0.1) is 15.3 Å². The van der Waals surface area contributed by atoms with Crippen molar-refractivity contribution in [3.8, 4) is 11.5 Å². The first-order valence-corrected chi connectivity index (χ1v) is 6.82. The second-order valence-corrected chi connectivity index (χ2v) is 5.04. The fraction of sp³-hybridized carbons (Fsp3) is 0.214. The molecule has 0 unspecified atom stereocenters. The Balaban J connectivity index is 1.66. The lowest BCUT2D eigenvalue weighted by atomic mass is 10.3. The van der Waals surface area contributed by atoms with E-state index in [0.29, 0.717) is 18.3 Å². The van der Waals surface area contributed by atoms with Crippen molar-refractivity contribution in [3.05, 3.63) is 42.0 Å². The van der Waals surface area contributed by atoms with Crippen LogP contribution in [0.3, 0.4) is 0 Å². The van der Waals surface area contributed by atoms with Crippen LogP contribution in [0.4, 0.5) is 0 Å². The summed E-state index contributed by atoms with van der Waals surface area (Å²) in [7, 11) is 1.86. The Kier molecular flexibility index (Phi) is 2.75. The zero-order chi connectivity index (χ0) is 15.1. The van der Waals surface area contributed by atoms with Gasteiger partial charge in [-0.2, -0.15) is 5.10 Å². The van der Waals surface area contributed by atoms with Crippen LogP contribution in [0.5, 0.6) is 0 Å². The number of rotatable bonds is 3. The maximum absolute atomic E-state index is 5.72. The van der Waals surface area contributed by atoms with E-state index >= 15 is 0 Å². The van der Waals surface area contributed by atoms with Gasteiger partial charge in [0.1, 0.15) is 12.1 Å². The van der Waals surface area contributed by atoms with E-state index in [1.165, 1.54) is 0 Å². The Labute approximate surface area is 125 Å². The number of nitrogens with zero attached hydrogens (tertiary/aromatic N) is 7. The third kappa shape index (κ3) is 2.05. The molecule has 3 aromatic heterocycles. The highest BCUT2D eigenvalue weighted by Crippen LogP contribution is 2.21. The summed E-state index contributed by atoms with van der Waals surface area (Å²) in [5.74, 6) is 0.943. The molecule has 0 radical (unpaired) electrons. The molecule has 22 heavy (non-hydrogen) atoms. The number of hydrogen-bond donors (Lipinski definition) is 0. The van der Waals surface area contributed by atoms with E-state index in [-0.39, 0.29) is 0 Å². The molecule has 8 heteroatoms. The molecule has 110 valence electrons. The first-order chi connectivity index (χ1) is 10.7. The van der Waals surface area contributed by atoms with Crippen LogP contribution < -0.4 is 0 Å². The Morgan fingerprint density at radius 2 is 2.00 bits per heavy atom. The molecular weight excluding hydrogens is 282 g/mol. The van der Waals surface area contributed by atoms with Gasteiger partial charge >= 0.3 is 0 Å². The first kappa shape index (κ1) is 12.7. The van der Waals surface area contributed by atoms with Crippen LogP contribution in [-0.4, -0.2) is 35.0 Å². The lowest BCUT2D eigenvalue weighted by Crippen LogP contribution is -2.02. The number of hydrogen-bond acceptors (Lipinski definition) is 6. The topological polar surface area (TPSA) is 87.5 Å². The van der Waals surface area contributed by atoms with Gasteiger partial charge in [0.2, 0.25) is 5.89 Å². The molecule has 0 aliphatic heterocycles. The van der Waals surface area contributed by atoms with E-state index in [1.807, 2.05) is 44.4 Å². The van der Waals surface area contributed by atoms with Crippen LogP contribution in [0.25, 0.3) is 22.5 Å². The highest BCUT2D eigenvalue weighted by Gasteiger charge is 2.15. The smallest absolute Gasteiger partial charge is 0.251 e. The van der Waals surface area contributed by atoms with Crippen molar-refractivity contribution in [2.24, 2.45) is 7.05 Å². The van der Waals surface area contributed by atoms with Crippen molar-refractivity contribution in [1.29, 1.82) is 0 Å². The standard InChI is InChI=1S/C14H13N7O/c1-9-10(7-20(2)18-9)14-17-16-13(22-14)8-21-12-6-4-3-5-11(12)15-19-21/h3-7H,8H2,1-2H3. The highest BCUT2D eigenvalue weighted by atomic mass is 16.4. The molecule has 3 heterocycles. The molecule has 0 aliphatic rings. The van der Waals surface area contributed by atoms with Crippen LogP contribution in [0.1, 0.15) is 11.6 Å². The molecule has 4 aromatic rings. The van der Waals surface area contributed by atoms with Gasteiger partial charge in [-0.3, -0.25) is 4.68 Å². The van der Waals surface area contributed by atoms with Crippen LogP contribution in [0, 0.1) is 6.92 Å². The molecule has 4 rings (SSSR count). The molecule has 0 atom stereocenters. The van der Waals surface area contributed by atoms with Crippen molar-refractivity contribution >= 4 is 11.0 Å². The van der Waals surface area contributed by atoms with E-state index in [9.17, 15) is 0 Å². The van der Waals surface area contributed by atoms with E-state index in [2.05, 4.69) is 25.6 Å². The maximum atomic E-state index is 5.72. The van der Waals surface area contributed by atoms with Crippen molar-refractivity contribution < 1.29 is 4.42 Å². The number of benzene rings is 1. The summed E-state index contributed by atoms with van der Waals surface area (Å²) < 4.78 is 9.18. The zero-order valence-electron chi connectivity index (χ0n) is 12.1. The van der Waals surface area contributed by atoms with Gasteiger partial charge in [0.05, 0.1) is 16.8 Å². The third-order valence-corrected chi connectivity index (χ3v) is 3.42. The number of aromatic nitrogens is 7. The number of aryl methyl sites for hydroxylation is 2. The Morgan fingerprint density at radius 1 is 1.14 bits per heavy atom. The second kappa shape index (κ2) is 4.76. The summed E-state index contributed by atoms with van der Waals surface area (Å²) in [4.78, 5) is 0. The molecule has 0 saturated heterocycles. The van der Waals surface area contributed by atoms with Gasteiger partial charge in [-0.25, -0.2) is 4.68 Å². The van der Waals surface area contributed by atoms with Crippen LogP contribution >= 0.6 is 0 Å². The highest BCUT2D eigenvalue weighted by molar-refractivity contribution is 5.73. The average Bonchev–Trinajstić information content (AvgIpc) is 3.20. The molecule has 0 saturated carbocycles. The van der Waals surface area contributed by atoms with Crippen molar-refractivity contribution in [3.63, 3.8) is 0 Å². The second-order valence-electron chi connectivity index (χ2n) is 5.04. The quantitative estimate of drug-likeness (QED) is 0.570. The minimum atomic E-state index is 0.382. The summed E-state index contributed by atoms with van der Waals surface area (Å²) in [6.45, 7) is 2.29. The van der Waals surface area contributed by atoms with Crippen molar-refractivity contribution in [2.45, 2.75) is 13.5 Å². The molecule has 0 N–H and O–H groups in total. The fourth-order valence-corrected chi connectivity index (χ4v) is 2.40. The van der Waals surface area contributed by atoms with E-state index in [0.717, 1.165) is 22.3 Å². The summed E-state index contributed by atoms with van der Waals surface area (Å²) in [6, 6.07) is 7.74. The monoisotopic (exact) mass is 295 g/mol. The molecule has 0 fully saturated rings. The van der Waals surface area contributed by atoms with Crippen LogP contribution in [0.15, 0.2) is 34.9 Å². The fourth-order valence-electron chi connectivity index (χ4n) is 2.40. The third-order valence-electron chi connectivity index (χ3n) is 3.42. The normalized spacial score (nSPS) is 11.4. The molecular formula is C14H13N7O. The summed E-state index contributed by atoms with van der Waals surface area (Å²) in [5, 5.41) is 20.7. The van der Waals surface area contributed by atoms with Gasteiger partial charge in [-0.05, 0) is 19.1 Å². The Morgan fingerprint density at radius 3 is 2.82 bits per heavy atom. The van der Waals surface area contributed by atoms with E-state index < -0.39 is 0 Å². The average molecular weight is 295 g/mol.